The highest BCUT2D eigenvalue weighted by atomic mass is 16.3. The summed E-state index contributed by atoms with van der Waals surface area (Å²) in [6.45, 7) is 7.51. The molecule has 1 saturated heterocycles. The standard InChI is InChI=1S/C28H35N5O3/c1-19-24-9-7-22(17-25(24)33(21-5-3-4-6-21)28(36)27(19)20(2)35)32(15-16-34)26-10-8-23(18-30-26)31-13-11-29-12-14-31/h7-10,17-18,21,29,34H,3-6,11-16H2,1-2H3. The summed E-state index contributed by atoms with van der Waals surface area (Å²) >= 11 is 0. The summed E-state index contributed by atoms with van der Waals surface area (Å²) in [7, 11) is 0. The maximum Gasteiger partial charge on any atom is 0.262 e. The number of aromatic nitrogens is 2. The molecule has 8 nitrogen and oxygen atoms in total. The van der Waals surface area contributed by atoms with Crippen molar-refractivity contribution in [2.24, 2.45) is 0 Å². The van der Waals surface area contributed by atoms with Gasteiger partial charge in [-0.05, 0) is 56.5 Å². The van der Waals surface area contributed by atoms with Crippen molar-refractivity contribution in [1.82, 2.24) is 14.9 Å². The summed E-state index contributed by atoms with van der Waals surface area (Å²) in [6.07, 6.45) is 5.94. The predicted molar refractivity (Wildman–Crippen MR) is 144 cm³/mol. The number of anilines is 3. The third-order valence-electron chi connectivity index (χ3n) is 7.62. The van der Waals surface area contributed by atoms with E-state index < -0.39 is 0 Å². The first-order chi connectivity index (χ1) is 17.5. The molecule has 8 heteroatoms. The van der Waals surface area contributed by atoms with Crippen molar-refractivity contribution < 1.29 is 9.90 Å². The van der Waals surface area contributed by atoms with Gasteiger partial charge in [0.05, 0.1) is 29.6 Å². The topological polar surface area (TPSA) is 90.7 Å². The molecule has 3 heterocycles. The summed E-state index contributed by atoms with van der Waals surface area (Å²) in [5.41, 5.74) is 3.62. The molecule has 190 valence electrons. The van der Waals surface area contributed by atoms with Gasteiger partial charge in [-0.15, -0.1) is 0 Å². The lowest BCUT2D eigenvalue weighted by atomic mass is 10.00. The highest BCUT2D eigenvalue weighted by Gasteiger charge is 2.25. The summed E-state index contributed by atoms with van der Waals surface area (Å²) in [5, 5.41) is 14.2. The van der Waals surface area contributed by atoms with Crippen LogP contribution in [0, 0.1) is 6.92 Å². The molecule has 0 amide bonds. The molecule has 5 rings (SSSR count). The van der Waals surface area contributed by atoms with Gasteiger partial charge in [0, 0.05) is 49.8 Å². The average molecular weight is 490 g/mol. The minimum Gasteiger partial charge on any atom is -0.395 e. The minimum absolute atomic E-state index is 0.0308. The summed E-state index contributed by atoms with van der Waals surface area (Å²) < 4.78 is 1.85. The van der Waals surface area contributed by atoms with Crippen LogP contribution in [0.4, 0.5) is 17.2 Å². The normalized spacial score (nSPS) is 16.6. The molecule has 0 unspecified atom stereocenters. The Labute approximate surface area is 211 Å². The quantitative estimate of drug-likeness (QED) is 0.491. The number of pyridine rings is 2. The van der Waals surface area contributed by atoms with Crippen LogP contribution < -0.4 is 20.7 Å². The molecule has 36 heavy (non-hydrogen) atoms. The first-order valence-corrected chi connectivity index (χ1v) is 13.0. The van der Waals surface area contributed by atoms with E-state index in [1.165, 1.54) is 6.92 Å². The zero-order valence-electron chi connectivity index (χ0n) is 21.2. The van der Waals surface area contributed by atoms with Gasteiger partial charge in [0.15, 0.2) is 5.78 Å². The van der Waals surface area contributed by atoms with E-state index in [-0.39, 0.29) is 24.0 Å². The van der Waals surface area contributed by atoms with Crippen LogP contribution in [0.25, 0.3) is 10.9 Å². The number of benzene rings is 1. The van der Waals surface area contributed by atoms with E-state index in [0.717, 1.165) is 85.5 Å². The van der Waals surface area contributed by atoms with Crippen LogP contribution in [-0.2, 0) is 0 Å². The molecule has 2 N–H and O–H groups in total. The number of aliphatic hydroxyl groups is 1. The number of fused-ring (bicyclic) bond motifs is 1. The van der Waals surface area contributed by atoms with Crippen molar-refractivity contribution in [2.75, 3.05) is 49.1 Å². The molecular weight excluding hydrogens is 454 g/mol. The van der Waals surface area contributed by atoms with E-state index in [2.05, 4.69) is 16.3 Å². The van der Waals surface area contributed by atoms with Gasteiger partial charge in [0.25, 0.3) is 5.56 Å². The molecule has 2 aromatic heterocycles. The first-order valence-electron chi connectivity index (χ1n) is 13.0. The molecule has 0 atom stereocenters. The lowest BCUT2D eigenvalue weighted by Gasteiger charge is -2.30. The Morgan fingerprint density at radius 2 is 1.92 bits per heavy atom. The van der Waals surface area contributed by atoms with E-state index in [9.17, 15) is 14.7 Å². The third-order valence-corrected chi connectivity index (χ3v) is 7.62. The number of rotatable bonds is 7. The second-order valence-corrected chi connectivity index (χ2v) is 9.86. The van der Waals surface area contributed by atoms with Crippen molar-refractivity contribution in [3.05, 3.63) is 58.0 Å². The van der Waals surface area contributed by atoms with Gasteiger partial charge in [-0.25, -0.2) is 4.98 Å². The maximum absolute atomic E-state index is 13.6. The smallest absolute Gasteiger partial charge is 0.262 e. The Kier molecular flexibility index (Phi) is 7.07. The summed E-state index contributed by atoms with van der Waals surface area (Å²) in [5.74, 6) is 0.556. The van der Waals surface area contributed by atoms with Gasteiger partial charge in [-0.1, -0.05) is 18.9 Å². The number of Topliss-reactive ketones (excluding diaryl/α,β-unsaturated/α-hetero) is 1. The number of carbonyl (C=O) groups excluding carboxylic acids is 1. The Hall–Kier alpha value is -3.23. The van der Waals surface area contributed by atoms with Crippen LogP contribution in [-0.4, -0.2) is 59.8 Å². The fourth-order valence-corrected chi connectivity index (χ4v) is 5.79. The lowest BCUT2D eigenvalue weighted by Crippen LogP contribution is -2.43. The highest BCUT2D eigenvalue weighted by molar-refractivity contribution is 6.00. The second kappa shape index (κ2) is 10.4. The van der Waals surface area contributed by atoms with E-state index in [1.54, 1.807) is 0 Å². The number of aryl methyl sites for hydroxylation is 1. The molecule has 1 aliphatic heterocycles. The van der Waals surface area contributed by atoms with E-state index in [4.69, 9.17) is 4.98 Å². The van der Waals surface area contributed by atoms with Crippen LogP contribution in [0.2, 0.25) is 0 Å². The minimum atomic E-state index is -0.191. The molecule has 2 aliphatic rings. The number of ketones is 1. The molecule has 2 fully saturated rings. The van der Waals surface area contributed by atoms with Crippen LogP contribution in [0.3, 0.4) is 0 Å². The largest absolute Gasteiger partial charge is 0.395 e. The Bertz CT molecular complexity index is 1310. The highest BCUT2D eigenvalue weighted by Crippen LogP contribution is 2.35. The average Bonchev–Trinajstić information content (AvgIpc) is 3.42. The van der Waals surface area contributed by atoms with Gasteiger partial charge < -0.3 is 24.8 Å². The Morgan fingerprint density at radius 3 is 2.56 bits per heavy atom. The number of hydrogen-bond acceptors (Lipinski definition) is 7. The van der Waals surface area contributed by atoms with Gasteiger partial charge in [-0.2, -0.15) is 0 Å². The van der Waals surface area contributed by atoms with Gasteiger partial charge >= 0.3 is 0 Å². The fourth-order valence-electron chi connectivity index (χ4n) is 5.79. The number of hydrogen-bond donors (Lipinski definition) is 2. The van der Waals surface area contributed by atoms with Crippen LogP contribution >= 0.6 is 0 Å². The molecule has 0 radical (unpaired) electrons. The van der Waals surface area contributed by atoms with E-state index in [1.807, 2.05) is 46.9 Å². The number of nitrogens with one attached hydrogen (secondary N) is 1. The maximum atomic E-state index is 13.6. The summed E-state index contributed by atoms with van der Waals surface area (Å²) in [4.78, 5) is 35.0. The molecule has 1 aromatic carbocycles. The van der Waals surface area contributed by atoms with Gasteiger partial charge in [-0.3, -0.25) is 9.59 Å². The van der Waals surface area contributed by atoms with Crippen molar-refractivity contribution in [2.45, 2.75) is 45.6 Å². The Balaban J connectivity index is 1.59. The van der Waals surface area contributed by atoms with Crippen LogP contribution in [0.1, 0.15) is 54.6 Å². The first kappa shape index (κ1) is 24.5. The van der Waals surface area contributed by atoms with Gasteiger partial charge in [0.2, 0.25) is 0 Å². The number of nitrogens with zero attached hydrogens (tertiary/aromatic N) is 4. The molecule has 0 spiro atoms. The number of aliphatic hydroxyl groups excluding tert-OH is 1. The second-order valence-electron chi connectivity index (χ2n) is 9.86. The van der Waals surface area contributed by atoms with Crippen molar-refractivity contribution >= 4 is 33.9 Å². The van der Waals surface area contributed by atoms with Crippen molar-refractivity contribution in [3.63, 3.8) is 0 Å². The fraction of sp³-hybridized carbons (Fsp3) is 0.464. The van der Waals surface area contributed by atoms with Gasteiger partial charge in [0.1, 0.15) is 5.82 Å². The van der Waals surface area contributed by atoms with E-state index >= 15 is 0 Å². The molecular formula is C28H35N5O3. The lowest BCUT2D eigenvalue weighted by molar-refractivity contribution is 0.101. The predicted octanol–water partition coefficient (Wildman–Crippen LogP) is 3.56. The zero-order chi connectivity index (χ0) is 25.2. The van der Waals surface area contributed by atoms with Crippen molar-refractivity contribution in [1.29, 1.82) is 0 Å². The molecule has 0 bridgehead atoms. The molecule has 1 aliphatic carbocycles. The SMILES string of the molecule is CC(=O)c1c(C)c2ccc(N(CCO)c3ccc(N4CCNCC4)cn3)cc2n(C2CCCC2)c1=O. The molecule has 1 saturated carbocycles. The molecule has 3 aromatic rings. The van der Waals surface area contributed by atoms with E-state index in [0.29, 0.717) is 12.1 Å². The van der Waals surface area contributed by atoms with Crippen molar-refractivity contribution in [3.8, 4) is 0 Å². The van der Waals surface area contributed by atoms with Crippen LogP contribution in [0.15, 0.2) is 41.3 Å². The Morgan fingerprint density at radius 1 is 1.17 bits per heavy atom. The number of piperazine rings is 1. The van der Waals surface area contributed by atoms with Crippen LogP contribution in [0.5, 0.6) is 0 Å². The summed E-state index contributed by atoms with van der Waals surface area (Å²) in [6, 6.07) is 10.2. The third kappa shape index (κ3) is 4.51. The number of carbonyl (C=O) groups is 1. The zero-order valence-corrected chi connectivity index (χ0v) is 21.2. The monoisotopic (exact) mass is 489 g/mol.